The van der Waals surface area contributed by atoms with Gasteiger partial charge in [-0.3, -0.25) is 9.59 Å². The minimum atomic E-state index is -0.842. The van der Waals surface area contributed by atoms with Crippen LogP contribution in [-0.4, -0.2) is 25.0 Å². The molecule has 0 aliphatic heterocycles. The van der Waals surface area contributed by atoms with Crippen molar-refractivity contribution in [2.75, 3.05) is 18.5 Å². The Labute approximate surface area is 105 Å². The highest BCUT2D eigenvalue weighted by atomic mass is 16.5. The molecule has 0 saturated carbocycles. The predicted molar refractivity (Wildman–Crippen MR) is 64.9 cm³/mol. The average Bonchev–Trinajstić information content (AvgIpc) is 2.38. The molecule has 1 rings (SSSR count). The van der Waals surface area contributed by atoms with Gasteiger partial charge in [-0.25, -0.2) is 0 Å². The molecular formula is C12H13N3O3. The van der Waals surface area contributed by atoms with E-state index in [4.69, 9.17) is 10.00 Å². The minimum Gasteiger partial charge on any atom is -0.494 e. The van der Waals surface area contributed by atoms with Gasteiger partial charge in [0.15, 0.2) is 0 Å². The molecule has 6 nitrogen and oxygen atoms in total. The second-order valence-electron chi connectivity index (χ2n) is 3.25. The van der Waals surface area contributed by atoms with Crippen molar-refractivity contribution in [1.29, 1.82) is 5.26 Å². The van der Waals surface area contributed by atoms with E-state index in [-0.39, 0.29) is 6.54 Å². The van der Waals surface area contributed by atoms with Crippen molar-refractivity contribution in [3.8, 4) is 11.8 Å². The summed E-state index contributed by atoms with van der Waals surface area (Å²) in [6.07, 6.45) is 0. The van der Waals surface area contributed by atoms with E-state index in [1.807, 2.05) is 6.92 Å². The smallest absolute Gasteiger partial charge is 0.313 e. The number of hydrogen-bond acceptors (Lipinski definition) is 4. The lowest BCUT2D eigenvalue weighted by atomic mass is 10.3. The molecule has 0 aromatic heterocycles. The molecule has 94 valence electrons. The summed E-state index contributed by atoms with van der Waals surface area (Å²) in [7, 11) is 0. The molecule has 2 N–H and O–H groups in total. The molecule has 0 unspecified atom stereocenters. The second-order valence-corrected chi connectivity index (χ2v) is 3.25. The fraction of sp³-hybridized carbons (Fsp3) is 0.250. The minimum absolute atomic E-state index is 0.199. The van der Waals surface area contributed by atoms with Crippen molar-refractivity contribution in [2.45, 2.75) is 6.92 Å². The van der Waals surface area contributed by atoms with Gasteiger partial charge in [0.25, 0.3) is 0 Å². The number of carbonyl (C=O) groups is 2. The van der Waals surface area contributed by atoms with E-state index in [1.165, 1.54) is 0 Å². The monoisotopic (exact) mass is 247 g/mol. The number of nitrogens with zero attached hydrogens (tertiary/aromatic N) is 1. The predicted octanol–water partition coefficient (Wildman–Crippen LogP) is 0.664. The zero-order chi connectivity index (χ0) is 13.4. The van der Waals surface area contributed by atoms with Gasteiger partial charge in [0.2, 0.25) is 0 Å². The van der Waals surface area contributed by atoms with Crippen molar-refractivity contribution in [3.63, 3.8) is 0 Å². The maximum Gasteiger partial charge on any atom is 0.313 e. The van der Waals surface area contributed by atoms with Gasteiger partial charge in [0.05, 0.1) is 12.7 Å². The van der Waals surface area contributed by atoms with Crippen LogP contribution >= 0.6 is 0 Å². The first-order valence-corrected chi connectivity index (χ1v) is 5.36. The van der Waals surface area contributed by atoms with Crippen molar-refractivity contribution in [1.82, 2.24) is 5.32 Å². The third-order valence-corrected chi connectivity index (χ3v) is 1.96. The van der Waals surface area contributed by atoms with E-state index in [9.17, 15) is 9.59 Å². The summed E-state index contributed by atoms with van der Waals surface area (Å²) in [5, 5.41) is 12.8. The largest absolute Gasteiger partial charge is 0.494 e. The Bertz CT molecular complexity index is 462. The Morgan fingerprint density at radius 1 is 1.28 bits per heavy atom. The van der Waals surface area contributed by atoms with Gasteiger partial charge in [0, 0.05) is 5.69 Å². The number of rotatable bonds is 4. The maximum atomic E-state index is 11.4. The van der Waals surface area contributed by atoms with Crippen LogP contribution in [0.5, 0.6) is 5.75 Å². The van der Waals surface area contributed by atoms with Crippen molar-refractivity contribution in [3.05, 3.63) is 24.3 Å². The van der Waals surface area contributed by atoms with Gasteiger partial charge >= 0.3 is 11.8 Å². The van der Waals surface area contributed by atoms with Gasteiger partial charge in [0.1, 0.15) is 12.3 Å². The molecule has 0 fully saturated rings. The van der Waals surface area contributed by atoms with E-state index in [2.05, 4.69) is 10.6 Å². The quantitative estimate of drug-likeness (QED) is 0.604. The molecule has 0 bridgehead atoms. The average molecular weight is 247 g/mol. The summed E-state index contributed by atoms with van der Waals surface area (Å²) in [5.41, 5.74) is 0.482. The first-order valence-electron chi connectivity index (χ1n) is 5.36. The molecule has 6 heteroatoms. The highest BCUT2D eigenvalue weighted by Crippen LogP contribution is 2.15. The van der Waals surface area contributed by atoms with Gasteiger partial charge in [-0.1, -0.05) is 0 Å². The van der Waals surface area contributed by atoms with E-state index in [1.54, 1.807) is 30.3 Å². The highest BCUT2D eigenvalue weighted by molar-refractivity contribution is 6.39. The van der Waals surface area contributed by atoms with Gasteiger partial charge in [-0.15, -0.1) is 0 Å². The number of nitrogens with one attached hydrogen (secondary N) is 2. The fourth-order valence-electron chi connectivity index (χ4n) is 1.19. The van der Waals surface area contributed by atoms with Crippen LogP contribution in [0.15, 0.2) is 24.3 Å². The molecule has 1 aromatic carbocycles. The number of nitriles is 1. The first kappa shape index (κ1) is 13.5. The Morgan fingerprint density at radius 2 is 1.94 bits per heavy atom. The summed E-state index contributed by atoms with van der Waals surface area (Å²) in [6, 6.07) is 8.33. The molecule has 0 atom stereocenters. The van der Waals surface area contributed by atoms with Crippen LogP contribution in [0.4, 0.5) is 5.69 Å². The molecule has 2 amide bonds. The van der Waals surface area contributed by atoms with Gasteiger partial charge in [-0.05, 0) is 31.2 Å². The van der Waals surface area contributed by atoms with Crippen molar-refractivity contribution in [2.24, 2.45) is 0 Å². The van der Waals surface area contributed by atoms with E-state index in [0.29, 0.717) is 18.0 Å². The Balaban J connectivity index is 2.54. The molecule has 0 radical (unpaired) electrons. The van der Waals surface area contributed by atoms with Gasteiger partial charge < -0.3 is 15.4 Å². The molecule has 1 aromatic rings. The lowest BCUT2D eigenvalue weighted by Crippen LogP contribution is -2.35. The molecule has 18 heavy (non-hydrogen) atoms. The van der Waals surface area contributed by atoms with Crippen LogP contribution in [0, 0.1) is 11.3 Å². The van der Waals surface area contributed by atoms with Crippen LogP contribution in [0.2, 0.25) is 0 Å². The third kappa shape index (κ3) is 4.14. The maximum absolute atomic E-state index is 11.4. The number of amides is 2. The molecule has 0 heterocycles. The van der Waals surface area contributed by atoms with Crippen LogP contribution in [0.1, 0.15) is 6.92 Å². The Kier molecular flexibility index (Phi) is 5.19. The van der Waals surface area contributed by atoms with Crippen molar-refractivity contribution >= 4 is 17.5 Å². The van der Waals surface area contributed by atoms with Crippen LogP contribution in [-0.2, 0) is 9.59 Å². The highest BCUT2D eigenvalue weighted by Gasteiger charge is 2.12. The van der Waals surface area contributed by atoms with Crippen LogP contribution in [0.3, 0.4) is 0 Å². The van der Waals surface area contributed by atoms with E-state index >= 15 is 0 Å². The lowest BCUT2D eigenvalue weighted by molar-refractivity contribution is -0.136. The fourth-order valence-corrected chi connectivity index (χ4v) is 1.19. The number of carbonyl (C=O) groups excluding carboxylic acids is 2. The van der Waals surface area contributed by atoms with Crippen LogP contribution < -0.4 is 15.4 Å². The SMILES string of the molecule is CCOc1ccc(NC(=O)C(=O)NCC#N)cc1. The standard InChI is InChI=1S/C12H13N3O3/c1-2-18-10-5-3-9(4-6-10)15-12(17)11(16)14-8-7-13/h3-6H,2,8H2,1H3,(H,14,16)(H,15,17). The van der Waals surface area contributed by atoms with Gasteiger partial charge in [-0.2, -0.15) is 5.26 Å². The summed E-state index contributed by atoms with van der Waals surface area (Å²) in [6.45, 7) is 2.23. The van der Waals surface area contributed by atoms with E-state index in [0.717, 1.165) is 0 Å². The molecule has 0 saturated heterocycles. The number of benzene rings is 1. The molecule has 0 aliphatic carbocycles. The van der Waals surface area contributed by atoms with Crippen molar-refractivity contribution < 1.29 is 14.3 Å². The normalized spacial score (nSPS) is 9.11. The summed E-state index contributed by atoms with van der Waals surface area (Å²) in [5.74, 6) is -0.968. The summed E-state index contributed by atoms with van der Waals surface area (Å²) < 4.78 is 5.24. The molecule has 0 spiro atoms. The number of hydrogen-bond donors (Lipinski definition) is 2. The summed E-state index contributed by atoms with van der Waals surface area (Å²) >= 11 is 0. The van der Waals surface area contributed by atoms with E-state index < -0.39 is 11.8 Å². The Morgan fingerprint density at radius 3 is 2.50 bits per heavy atom. The zero-order valence-electron chi connectivity index (χ0n) is 9.90. The molecule has 0 aliphatic rings. The number of ether oxygens (including phenoxy) is 1. The van der Waals surface area contributed by atoms with Crippen LogP contribution in [0.25, 0.3) is 0 Å². The first-order chi connectivity index (χ1) is 8.67. The summed E-state index contributed by atoms with van der Waals surface area (Å²) in [4.78, 5) is 22.5. The zero-order valence-corrected chi connectivity index (χ0v) is 9.90. The Hall–Kier alpha value is -2.55. The molecular weight excluding hydrogens is 234 g/mol. The lowest BCUT2D eigenvalue weighted by Gasteiger charge is -2.06. The topological polar surface area (TPSA) is 91.2 Å². The third-order valence-electron chi connectivity index (χ3n) is 1.96. The number of anilines is 1. The second kappa shape index (κ2) is 6.91.